The summed E-state index contributed by atoms with van der Waals surface area (Å²) in [6.07, 6.45) is 0.178. The first kappa shape index (κ1) is 10.7. The summed E-state index contributed by atoms with van der Waals surface area (Å²) in [6.45, 7) is 0.183. The van der Waals surface area contributed by atoms with Gasteiger partial charge in [0.25, 0.3) is 5.56 Å². The molecule has 0 saturated carbocycles. The third-order valence-electron chi connectivity index (χ3n) is 1.63. The molecule has 74 valence electrons. The van der Waals surface area contributed by atoms with Crippen LogP contribution in [-0.2, 0) is 13.6 Å². The summed E-state index contributed by atoms with van der Waals surface area (Å²) in [5, 5.41) is 12.0. The molecule has 0 aliphatic carbocycles. The van der Waals surface area contributed by atoms with Crippen molar-refractivity contribution in [2.75, 3.05) is 0 Å². The van der Waals surface area contributed by atoms with E-state index >= 15 is 0 Å². The molecule has 0 aliphatic rings. The average Bonchev–Trinajstić information content (AvgIpc) is 2.18. The van der Waals surface area contributed by atoms with E-state index in [1.807, 2.05) is 6.07 Å². The van der Waals surface area contributed by atoms with Crippen molar-refractivity contribution in [3.8, 4) is 6.07 Å². The monoisotopic (exact) mass is 258 g/mol. The zero-order valence-electron chi connectivity index (χ0n) is 7.40. The molecular formula is C7H7BrN4O2. The molecule has 0 radical (unpaired) electrons. The second-order valence-corrected chi connectivity index (χ2v) is 3.32. The molecular weight excluding hydrogens is 252 g/mol. The van der Waals surface area contributed by atoms with Gasteiger partial charge in [-0.25, -0.2) is 9.48 Å². The van der Waals surface area contributed by atoms with Gasteiger partial charge < -0.3 is 0 Å². The van der Waals surface area contributed by atoms with Crippen LogP contribution in [0.4, 0.5) is 0 Å². The standard InChI is InChI=1S/C7H7BrN4O2/c1-11-6(13)5(8)10-12(7(11)14)4-2-3-9/h2,4H2,1H3. The first-order valence-electron chi connectivity index (χ1n) is 3.78. The van der Waals surface area contributed by atoms with E-state index in [0.29, 0.717) is 0 Å². The fourth-order valence-corrected chi connectivity index (χ4v) is 1.35. The Balaban J connectivity index is 3.28. The summed E-state index contributed by atoms with van der Waals surface area (Å²) in [5.41, 5.74) is -1.00. The van der Waals surface area contributed by atoms with Crippen LogP contribution in [0, 0.1) is 11.3 Å². The average molecular weight is 259 g/mol. The summed E-state index contributed by atoms with van der Waals surface area (Å²) in [4.78, 5) is 22.6. The summed E-state index contributed by atoms with van der Waals surface area (Å²) >= 11 is 2.94. The molecule has 1 aromatic rings. The van der Waals surface area contributed by atoms with Gasteiger partial charge in [-0.2, -0.15) is 10.4 Å². The Bertz CT molecular complexity index is 496. The molecule has 1 aromatic heterocycles. The Morgan fingerprint density at radius 3 is 2.79 bits per heavy atom. The van der Waals surface area contributed by atoms with E-state index in [1.165, 1.54) is 7.05 Å². The van der Waals surface area contributed by atoms with Crippen LogP contribution in [0.3, 0.4) is 0 Å². The molecule has 0 bridgehead atoms. The minimum absolute atomic E-state index is 0.0672. The molecule has 0 saturated heterocycles. The van der Waals surface area contributed by atoms with Crippen molar-refractivity contribution in [3.05, 3.63) is 25.4 Å². The lowest BCUT2D eigenvalue weighted by Gasteiger charge is -2.03. The van der Waals surface area contributed by atoms with Gasteiger partial charge in [0.05, 0.1) is 19.0 Å². The van der Waals surface area contributed by atoms with Crippen LogP contribution in [0.2, 0.25) is 0 Å². The van der Waals surface area contributed by atoms with E-state index < -0.39 is 11.2 Å². The van der Waals surface area contributed by atoms with Crippen molar-refractivity contribution in [2.24, 2.45) is 7.05 Å². The zero-order valence-corrected chi connectivity index (χ0v) is 8.98. The lowest BCUT2D eigenvalue weighted by atomic mass is 10.5. The number of nitrogens with zero attached hydrogens (tertiary/aromatic N) is 4. The van der Waals surface area contributed by atoms with E-state index in [9.17, 15) is 9.59 Å². The highest BCUT2D eigenvalue weighted by Crippen LogP contribution is 1.93. The number of hydrogen-bond acceptors (Lipinski definition) is 4. The van der Waals surface area contributed by atoms with Crippen LogP contribution < -0.4 is 11.2 Å². The number of nitriles is 1. The molecule has 0 amide bonds. The van der Waals surface area contributed by atoms with Crippen molar-refractivity contribution in [1.29, 1.82) is 5.26 Å². The van der Waals surface area contributed by atoms with Gasteiger partial charge >= 0.3 is 5.69 Å². The van der Waals surface area contributed by atoms with Crippen molar-refractivity contribution in [2.45, 2.75) is 13.0 Å². The van der Waals surface area contributed by atoms with Crippen molar-refractivity contribution in [1.82, 2.24) is 14.3 Å². The third-order valence-corrected chi connectivity index (χ3v) is 2.13. The summed E-state index contributed by atoms with van der Waals surface area (Å²) in [5.74, 6) is 0. The number of rotatable bonds is 2. The van der Waals surface area contributed by atoms with Gasteiger partial charge in [0.2, 0.25) is 0 Å². The van der Waals surface area contributed by atoms with Crippen molar-refractivity contribution < 1.29 is 0 Å². The minimum Gasteiger partial charge on any atom is -0.266 e. The molecule has 0 N–H and O–H groups in total. The van der Waals surface area contributed by atoms with Crippen LogP contribution in [-0.4, -0.2) is 14.3 Å². The largest absolute Gasteiger partial charge is 0.347 e. The number of hydrogen-bond donors (Lipinski definition) is 0. The number of aryl methyl sites for hydroxylation is 1. The number of halogens is 1. The predicted molar refractivity (Wildman–Crippen MR) is 51.7 cm³/mol. The van der Waals surface area contributed by atoms with Crippen LogP contribution in [0.1, 0.15) is 6.42 Å². The Morgan fingerprint density at radius 1 is 1.57 bits per heavy atom. The van der Waals surface area contributed by atoms with E-state index in [-0.39, 0.29) is 17.6 Å². The van der Waals surface area contributed by atoms with Gasteiger partial charge in [-0.3, -0.25) is 9.36 Å². The smallest absolute Gasteiger partial charge is 0.266 e. The van der Waals surface area contributed by atoms with Gasteiger partial charge in [0.15, 0.2) is 4.60 Å². The highest BCUT2D eigenvalue weighted by Gasteiger charge is 2.06. The fraction of sp³-hybridized carbons (Fsp3) is 0.429. The van der Waals surface area contributed by atoms with Crippen LogP contribution in [0.5, 0.6) is 0 Å². The lowest BCUT2D eigenvalue weighted by molar-refractivity contribution is 0.520. The Hall–Kier alpha value is -1.42. The maximum absolute atomic E-state index is 11.4. The van der Waals surface area contributed by atoms with Gasteiger partial charge in [-0.05, 0) is 15.9 Å². The minimum atomic E-state index is -0.520. The Morgan fingerprint density at radius 2 is 2.21 bits per heavy atom. The maximum Gasteiger partial charge on any atom is 0.347 e. The molecule has 6 nitrogen and oxygen atoms in total. The lowest BCUT2D eigenvalue weighted by Crippen LogP contribution is -2.40. The first-order chi connectivity index (χ1) is 6.57. The van der Waals surface area contributed by atoms with E-state index in [2.05, 4.69) is 21.0 Å². The quantitative estimate of drug-likeness (QED) is 0.724. The molecule has 0 aliphatic heterocycles. The second kappa shape index (κ2) is 4.19. The molecule has 14 heavy (non-hydrogen) atoms. The highest BCUT2D eigenvalue weighted by atomic mass is 79.9. The van der Waals surface area contributed by atoms with Gasteiger partial charge in [0.1, 0.15) is 0 Å². The number of aromatic nitrogens is 3. The molecule has 0 aromatic carbocycles. The van der Waals surface area contributed by atoms with Crippen LogP contribution in [0.25, 0.3) is 0 Å². The fourth-order valence-electron chi connectivity index (χ4n) is 0.891. The summed E-state index contributed by atoms with van der Waals surface area (Å²) in [6, 6.07) is 1.89. The normalized spacial score (nSPS) is 9.79. The Labute approximate surface area is 87.5 Å². The van der Waals surface area contributed by atoms with E-state index in [0.717, 1.165) is 9.25 Å². The summed E-state index contributed by atoms with van der Waals surface area (Å²) < 4.78 is 2.08. The Kier molecular flexibility index (Phi) is 3.19. The topological polar surface area (TPSA) is 80.7 Å². The predicted octanol–water partition coefficient (Wildman–Crippen LogP) is -0.382. The molecule has 0 atom stereocenters. The summed E-state index contributed by atoms with van der Waals surface area (Å²) in [7, 11) is 1.36. The third kappa shape index (κ3) is 1.90. The highest BCUT2D eigenvalue weighted by molar-refractivity contribution is 9.10. The van der Waals surface area contributed by atoms with E-state index in [4.69, 9.17) is 5.26 Å². The maximum atomic E-state index is 11.4. The molecule has 0 spiro atoms. The van der Waals surface area contributed by atoms with Crippen LogP contribution >= 0.6 is 15.9 Å². The zero-order chi connectivity index (χ0) is 10.7. The van der Waals surface area contributed by atoms with Gasteiger partial charge in [-0.1, -0.05) is 0 Å². The van der Waals surface area contributed by atoms with E-state index in [1.54, 1.807) is 0 Å². The first-order valence-corrected chi connectivity index (χ1v) is 4.58. The molecule has 1 rings (SSSR count). The van der Waals surface area contributed by atoms with Crippen molar-refractivity contribution in [3.63, 3.8) is 0 Å². The molecule has 1 heterocycles. The van der Waals surface area contributed by atoms with Gasteiger partial charge in [0, 0.05) is 7.05 Å². The molecule has 0 unspecified atom stereocenters. The SMILES string of the molecule is Cn1c(=O)c(Br)nn(CCC#N)c1=O. The molecule has 0 fully saturated rings. The van der Waals surface area contributed by atoms with Gasteiger partial charge in [-0.15, -0.1) is 0 Å². The van der Waals surface area contributed by atoms with Crippen LogP contribution in [0.15, 0.2) is 14.2 Å². The second-order valence-electron chi connectivity index (χ2n) is 2.57. The molecule has 7 heteroatoms. The van der Waals surface area contributed by atoms with Crippen molar-refractivity contribution >= 4 is 15.9 Å².